The first kappa shape index (κ1) is 10.7. The van der Waals surface area contributed by atoms with Crippen molar-refractivity contribution in [3.8, 4) is 0 Å². The highest BCUT2D eigenvalue weighted by Gasteiger charge is 2.30. The lowest BCUT2D eigenvalue weighted by atomic mass is 9.88. The summed E-state index contributed by atoms with van der Waals surface area (Å²) in [5.74, 6) is -0.849. The summed E-state index contributed by atoms with van der Waals surface area (Å²) in [5.41, 5.74) is 0.819. The summed E-state index contributed by atoms with van der Waals surface area (Å²) in [6.07, 6.45) is 2.56. The minimum absolute atomic E-state index is 0.615. The molecule has 3 nitrogen and oxygen atoms in total. The van der Waals surface area contributed by atoms with Gasteiger partial charge in [-0.15, -0.1) is 0 Å². The summed E-state index contributed by atoms with van der Waals surface area (Å²) >= 11 is 0. The second kappa shape index (κ2) is 3.78. The number of carboxylic acids is 1. The largest absolute Gasteiger partial charge is 0.481 e. The van der Waals surface area contributed by atoms with E-state index in [0.717, 1.165) is 12.0 Å². The van der Waals surface area contributed by atoms with Gasteiger partial charge in [-0.2, -0.15) is 0 Å². The lowest BCUT2D eigenvalue weighted by Gasteiger charge is -2.18. The van der Waals surface area contributed by atoms with Gasteiger partial charge in [0.15, 0.2) is 0 Å². The monoisotopic (exact) mass is 193 g/mol. The van der Waals surface area contributed by atoms with E-state index >= 15 is 0 Å². The fourth-order valence-corrected chi connectivity index (χ4v) is 1.15. The molecule has 1 rings (SSSR count). The highest BCUT2D eigenvalue weighted by Crippen LogP contribution is 2.21. The number of aliphatic carboxylic acids is 1. The molecule has 76 valence electrons. The first-order chi connectivity index (χ1) is 6.48. The van der Waals surface area contributed by atoms with Crippen LogP contribution in [0, 0.1) is 0 Å². The SMILES string of the molecule is CCc1ccnc(C(C)(C)C(=O)O)c1. The molecule has 1 N–H and O–H groups in total. The molecule has 0 aromatic carbocycles. The van der Waals surface area contributed by atoms with Gasteiger partial charge in [0.1, 0.15) is 5.41 Å². The summed E-state index contributed by atoms with van der Waals surface area (Å²) in [4.78, 5) is 15.1. The van der Waals surface area contributed by atoms with Crippen LogP contribution in [-0.2, 0) is 16.6 Å². The van der Waals surface area contributed by atoms with Gasteiger partial charge in [-0.05, 0) is 38.0 Å². The quantitative estimate of drug-likeness (QED) is 0.798. The Labute approximate surface area is 83.8 Å². The van der Waals surface area contributed by atoms with E-state index in [2.05, 4.69) is 4.98 Å². The summed E-state index contributed by atoms with van der Waals surface area (Å²) in [5, 5.41) is 9.02. The molecule has 0 aliphatic rings. The van der Waals surface area contributed by atoms with E-state index in [1.165, 1.54) is 0 Å². The van der Waals surface area contributed by atoms with Crippen LogP contribution in [0.1, 0.15) is 32.0 Å². The van der Waals surface area contributed by atoms with Gasteiger partial charge in [-0.3, -0.25) is 9.78 Å². The molecule has 0 amide bonds. The van der Waals surface area contributed by atoms with E-state index in [-0.39, 0.29) is 0 Å². The zero-order chi connectivity index (χ0) is 10.8. The molecule has 0 saturated carbocycles. The standard InChI is InChI=1S/C11H15NO2/c1-4-8-5-6-12-9(7-8)11(2,3)10(13)14/h5-7H,4H2,1-3H3,(H,13,14). The highest BCUT2D eigenvalue weighted by molar-refractivity contribution is 5.79. The predicted octanol–water partition coefficient (Wildman–Crippen LogP) is 2.01. The molecular formula is C11H15NO2. The third-order valence-corrected chi connectivity index (χ3v) is 2.41. The number of rotatable bonds is 3. The Morgan fingerprint density at radius 1 is 1.57 bits per heavy atom. The Hall–Kier alpha value is -1.38. The number of aryl methyl sites for hydroxylation is 1. The van der Waals surface area contributed by atoms with Crippen LogP contribution in [0.4, 0.5) is 0 Å². The minimum atomic E-state index is -0.912. The van der Waals surface area contributed by atoms with E-state index in [9.17, 15) is 4.79 Å². The molecule has 14 heavy (non-hydrogen) atoms. The number of hydrogen-bond acceptors (Lipinski definition) is 2. The van der Waals surface area contributed by atoms with Crippen LogP contribution >= 0.6 is 0 Å². The van der Waals surface area contributed by atoms with Crippen molar-refractivity contribution in [1.29, 1.82) is 0 Å². The molecule has 0 saturated heterocycles. The lowest BCUT2D eigenvalue weighted by Crippen LogP contribution is -2.29. The number of hydrogen-bond donors (Lipinski definition) is 1. The maximum Gasteiger partial charge on any atom is 0.315 e. The van der Waals surface area contributed by atoms with E-state index in [1.54, 1.807) is 20.0 Å². The molecule has 1 heterocycles. The maximum atomic E-state index is 11.0. The molecule has 0 aliphatic carbocycles. The normalized spacial score (nSPS) is 11.4. The molecule has 0 fully saturated rings. The van der Waals surface area contributed by atoms with Crippen molar-refractivity contribution < 1.29 is 9.90 Å². The molecule has 0 spiro atoms. The third kappa shape index (κ3) is 1.92. The Morgan fingerprint density at radius 2 is 2.21 bits per heavy atom. The molecule has 0 atom stereocenters. The number of pyridine rings is 1. The van der Waals surface area contributed by atoms with Gasteiger partial charge < -0.3 is 5.11 Å². The zero-order valence-electron chi connectivity index (χ0n) is 8.74. The van der Waals surface area contributed by atoms with Crippen LogP contribution in [-0.4, -0.2) is 16.1 Å². The second-order valence-corrected chi connectivity index (χ2v) is 3.83. The minimum Gasteiger partial charge on any atom is -0.481 e. The second-order valence-electron chi connectivity index (χ2n) is 3.83. The lowest BCUT2D eigenvalue weighted by molar-refractivity contribution is -0.142. The number of aromatic nitrogens is 1. The Kier molecular flexibility index (Phi) is 2.89. The number of carboxylic acid groups (broad SMARTS) is 1. The maximum absolute atomic E-state index is 11.0. The van der Waals surface area contributed by atoms with Crippen LogP contribution in [0.5, 0.6) is 0 Å². The smallest absolute Gasteiger partial charge is 0.315 e. The van der Waals surface area contributed by atoms with E-state index in [0.29, 0.717) is 5.69 Å². The third-order valence-electron chi connectivity index (χ3n) is 2.41. The van der Waals surface area contributed by atoms with Crippen molar-refractivity contribution in [3.63, 3.8) is 0 Å². The molecule has 0 aliphatic heterocycles. The van der Waals surface area contributed by atoms with Crippen molar-refractivity contribution in [3.05, 3.63) is 29.6 Å². The van der Waals surface area contributed by atoms with Crippen LogP contribution in [0.3, 0.4) is 0 Å². The summed E-state index contributed by atoms with van der Waals surface area (Å²) < 4.78 is 0. The molecule has 1 aromatic heterocycles. The highest BCUT2D eigenvalue weighted by atomic mass is 16.4. The van der Waals surface area contributed by atoms with Crippen LogP contribution in [0.2, 0.25) is 0 Å². The van der Waals surface area contributed by atoms with Gasteiger partial charge in [0.25, 0.3) is 0 Å². The van der Waals surface area contributed by atoms with E-state index < -0.39 is 11.4 Å². The van der Waals surface area contributed by atoms with Crippen LogP contribution < -0.4 is 0 Å². The van der Waals surface area contributed by atoms with E-state index in [1.807, 2.05) is 19.1 Å². The van der Waals surface area contributed by atoms with Crippen molar-refractivity contribution in [1.82, 2.24) is 4.98 Å². The molecule has 0 radical (unpaired) electrons. The van der Waals surface area contributed by atoms with Crippen LogP contribution in [0.25, 0.3) is 0 Å². The van der Waals surface area contributed by atoms with Gasteiger partial charge in [-0.1, -0.05) is 6.92 Å². The topological polar surface area (TPSA) is 50.2 Å². The van der Waals surface area contributed by atoms with Gasteiger partial charge in [0.2, 0.25) is 0 Å². The van der Waals surface area contributed by atoms with Crippen molar-refractivity contribution in [2.75, 3.05) is 0 Å². The average Bonchev–Trinajstić information content (AvgIpc) is 2.17. The summed E-state index contributed by atoms with van der Waals surface area (Å²) in [6, 6.07) is 3.76. The van der Waals surface area contributed by atoms with Gasteiger partial charge in [-0.25, -0.2) is 0 Å². The molecule has 3 heteroatoms. The van der Waals surface area contributed by atoms with Gasteiger partial charge >= 0.3 is 5.97 Å². The first-order valence-electron chi connectivity index (χ1n) is 4.67. The summed E-state index contributed by atoms with van der Waals surface area (Å²) in [6.45, 7) is 5.36. The van der Waals surface area contributed by atoms with Crippen LogP contribution in [0.15, 0.2) is 18.3 Å². The first-order valence-corrected chi connectivity index (χ1v) is 4.67. The Morgan fingerprint density at radius 3 is 2.71 bits per heavy atom. The van der Waals surface area contributed by atoms with Crippen molar-refractivity contribution >= 4 is 5.97 Å². The molecule has 0 unspecified atom stereocenters. The molecule has 0 bridgehead atoms. The zero-order valence-corrected chi connectivity index (χ0v) is 8.74. The summed E-state index contributed by atoms with van der Waals surface area (Å²) in [7, 11) is 0. The number of nitrogens with zero attached hydrogens (tertiary/aromatic N) is 1. The van der Waals surface area contributed by atoms with E-state index in [4.69, 9.17) is 5.11 Å². The Bertz CT molecular complexity index is 345. The van der Waals surface area contributed by atoms with Crippen molar-refractivity contribution in [2.45, 2.75) is 32.6 Å². The average molecular weight is 193 g/mol. The number of carbonyl (C=O) groups is 1. The van der Waals surface area contributed by atoms with Gasteiger partial charge in [0.05, 0.1) is 5.69 Å². The molecular weight excluding hydrogens is 178 g/mol. The molecule has 1 aromatic rings. The fraction of sp³-hybridized carbons (Fsp3) is 0.455. The van der Waals surface area contributed by atoms with Crippen molar-refractivity contribution in [2.24, 2.45) is 0 Å². The predicted molar refractivity (Wildman–Crippen MR) is 54.3 cm³/mol. The Balaban J connectivity index is 3.12. The fourth-order valence-electron chi connectivity index (χ4n) is 1.15. The van der Waals surface area contributed by atoms with Gasteiger partial charge in [0, 0.05) is 6.20 Å².